The first kappa shape index (κ1) is 18.2. The van der Waals surface area contributed by atoms with E-state index in [1.807, 2.05) is 19.2 Å². The van der Waals surface area contributed by atoms with Crippen molar-refractivity contribution < 1.29 is 0 Å². The van der Waals surface area contributed by atoms with Gasteiger partial charge in [-0.2, -0.15) is 0 Å². The van der Waals surface area contributed by atoms with E-state index in [0.717, 1.165) is 22.0 Å². The lowest BCUT2D eigenvalue weighted by atomic mass is 10.5. The van der Waals surface area contributed by atoms with Gasteiger partial charge in [0.15, 0.2) is 0 Å². The summed E-state index contributed by atoms with van der Waals surface area (Å²) < 4.78 is 0. The number of hydrogen-bond donors (Lipinski definition) is 0. The van der Waals surface area contributed by atoms with Crippen LogP contribution in [0.4, 0.5) is 0 Å². The van der Waals surface area contributed by atoms with Crippen LogP contribution in [0.5, 0.6) is 0 Å². The van der Waals surface area contributed by atoms with Gasteiger partial charge in [-0.25, -0.2) is 0 Å². The lowest BCUT2D eigenvalue weighted by Crippen LogP contribution is -2.17. The van der Waals surface area contributed by atoms with Crippen LogP contribution in [0.2, 0.25) is 0 Å². The van der Waals surface area contributed by atoms with Crippen LogP contribution >= 0.6 is 12.4 Å². The number of nitrogens with zero attached hydrogens (tertiary/aromatic N) is 1. The molecule has 5 heteroatoms. The average Bonchev–Trinajstić information content (AvgIpc) is 1.90. The van der Waals surface area contributed by atoms with E-state index in [0.29, 0.717) is 0 Å². The Morgan fingerprint density at radius 2 is 1.50 bits per heavy atom. The molecule has 0 atom stereocenters. The predicted molar refractivity (Wildman–Crippen MR) is 67.2 cm³/mol. The molecule has 0 aliphatic carbocycles. The standard InChI is InChI=1S/C7H13N.ClH.S3/c1-4-6-8(3)7-5-2;;1-3-2/h4-5H,1-2,6-7H2,3H3;1H;. The average molecular weight is 244 g/mol. The van der Waals surface area contributed by atoms with Gasteiger partial charge < -0.3 is 0 Å². The quantitative estimate of drug-likeness (QED) is 0.693. The normalized spacial score (nSPS) is 7.17. The maximum absolute atomic E-state index is 4.12. The minimum Gasteiger partial charge on any atom is -0.299 e. The van der Waals surface area contributed by atoms with Crippen molar-refractivity contribution in [2.75, 3.05) is 20.1 Å². The first-order valence-corrected chi connectivity index (χ1v) is 5.71. The SMILES string of the molecule is C=CCN(C)CC=C.Cl.S=S=S. The van der Waals surface area contributed by atoms with Gasteiger partial charge in [-0.3, -0.25) is 4.90 Å². The van der Waals surface area contributed by atoms with E-state index < -0.39 is 0 Å². The van der Waals surface area contributed by atoms with Crippen molar-refractivity contribution in [3.8, 4) is 0 Å². The minimum absolute atomic E-state index is 0. The van der Waals surface area contributed by atoms with Crippen LogP contribution in [0, 0.1) is 0 Å². The largest absolute Gasteiger partial charge is 0.299 e. The fourth-order valence-corrected chi connectivity index (χ4v) is 0.515. The van der Waals surface area contributed by atoms with Crippen LogP contribution in [-0.4, -0.2) is 25.0 Å². The molecule has 0 fully saturated rings. The highest BCUT2D eigenvalue weighted by molar-refractivity contribution is 8.37. The zero-order chi connectivity index (χ0) is 9.11. The Hall–Kier alpha value is 0.390. The van der Waals surface area contributed by atoms with E-state index >= 15 is 0 Å². The molecular weight excluding hydrogens is 230 g/mol. The molecule has 0 unspecified atom stereocenters. The number of rotatable bonds is 4. The van der Waals surface area contributed by atoms with Gasteiger partial charge in [0, 0.05) is 44.3 Å². The first-order valence-electron chi connectivity index (χ1n) is 3.05. The van der Waals surface area contributed by atoms with Gasteiger partial charge in [0.2, 0.25) is 0 Å². The van der Waals surface area contributed by atoms with Crippen molar-refractivity contribution in [2.24, 2.45) is 0 Å². The van der Waals surface area contributed by atoms with E-state index in [4.69, 9.17) is 0 Å². The summed E-state index contributed by atoms with van der Waals surface area (Å²) in [6.07, 6.45) is 3.76. The highest BCUT2D eigenvalue weighted by Crippen LogP contribution is 1.80. The smallest absolute Gasteiger partial charge is 0.0160 e. The molecule has 1 nitrogen and oxygen atoms in total. The third-order valence-electron chi connectivity index (χ3n) is 0.882. The molecule has 0 aliphatic rings. The summed E-state index contributed by atoms with van der Waals surface area (Å²) in [4.78, 5) is 2.12. The Bertz CT molecular complexity index is 134. The second kappa shape index (κ2) is 17.5. The Labute approximate surface area is 93.8 Å². The monoisotopic (exact) mass is 243 g/mol. The van der Waals surface area contributed by atoms with Crippen LogP contribution < -0.4 is 0 Å². The van der Waals surface area contributed by atoms with E-state index in [9.17, 15) is 0 Å². The van der Waals surface area contributed by atoms with Crippen molar-refractivity contribution in [1.82, 2.24) is 4.90 Å². The molecule has 12 heavy (non-hydrogen) atoms. The van der Waals surface area contributed by atoms with Crippen LogP contribution in [0.25, 0.3) is 0 Å². The number of likely N-dealkylation sites (N-methyl/N-ethyl adjacent to an activating group) is 1. The molecule has 0 saturated carbocycles. The Morgan fingerprint density at radius 1 is 1.25 bits per heavy atom. The zero-order valence-corrected chi connectivity index (χ0v) is 10.3. The molecule has 0 aromatic rings. The summed E-state index contributed by atoms with van der Waals surface area (Å²) in [5.41, 5.74) is 0. The summed E-state index contributed by atoms with van der Waals surface area (Å²) in [5.74, 6) is 0. The molecule has 0 radical (unpaired) electrons. The van der Waals surface area contributed by atoms with Gasteiger partial charge in [0.1, 0.15) is 0 Å². The maximum Gasteiger partial charge on any atom is 0.0160 e. The summed E-state index contributed by atoms with van der Waals surface area (Å²) in [6.45, 7) is 9.09. The molecule has 0 aromatic heterocycles. The van der Waals surface area contributed by atoms with Gasteiger partial charge in [-0.05, 0) is 7.05 Å². The van der Waals surface area contributed by atoms with Gasteiger partial charge in [-0.15, -0.1) is 25.6 Å². The third-order valence-corrected chi connectivity index (χ3v) is 0.882. The third kappa shape index (κ3) is 22.4. The molecule has 0 spiro atoms. The molecule has 0 aromatic carbocycles. The molecular formula is C7H14ClNS3. The Morgan fingerprint density at radius 3 is 1.67 bits per heavy atom. The van der Waals surface area contributed by atoms with Crippen molar-refractivity contribution in [2.45, 2.75) is 0 Å². The van der Waals surface area contributed by atoms with E-state index in [1.54, 1.807) is 0 Å². The van der Waals surface area contributed by atoms with E-state index in [1.165, 1.54) is 0 Å². The predicted octanol–water partition coefficient (Wildman–Crippen LogP) is 1.70. The lowest BCUT2D eigenvalue weighted by molar-refractivity contribution is 0.413. The summed E-state index contributed by atoms with van der Waals surface area (Å²) in [6, 6.07) is 0. The molecule has 0 N–H and O–H groups in total. The second-order valence-corrected chi connectivity index (χ2v) is 3.64. The molecule has 72 valence electrons. The molecule has 0 heterocycles. The number of halogens is 1. The maximum atomic E-state index is 4.12. The zero-order valence-electron chi connectivity index (χ0n) is 7.06. The Kier molecular flexibility index (Phi) is 26.5. The number of hydrogen-bond acceptors (Lipinski definition) is 3. The first-order chi connectivity index (χ1) is 5.22. The van der Waals surface area contributed by atoms with Gasteiger partial charge in [0.05, 0.1) is 0 Å². The molecule has 0 aliphatic heterocycles. The molecule has 0 bridgehead atoms. The highest BCUT2D eigenvalue weighted by Gasteiger charge is 1.86. The van der Waals surface area contributed by atoms with Gasteiger partial charge in [-0.1, -0.05) is 12.2 Å². The topological polar surface area (TPSA) is 3.24 Å². The second-order valence-electron chi connectivity index (χ2n) is 1.87. The molecule has 0 saturated heterocycles. The molecule has 0 rings (SSSR count). The van der Waals surface area contributed by atoms with Crippen molar-refractivity contribution in [3.05, 3.63) is 25.3 Å². The molecule has 0 amide bonds. The fraction of sp³-hybridized carbons (Fsp3) is 0.429. The van der Waals surface area contributed by atoms with Gasteiger partial charge in [0.25, 0.3) is 0 Å². The lowest BCUT2D eigenvalue weighted by Gasteiger charge is -2.09. The summed E-state index contributed by atoms with van der Waals surface area (Å²) >= 11 is 8.25. The van der Waals surface area contributed by atoms with Crippen molar-refractivity contribution in [1.29, 1.82) is 0 Å². The van der Waals surface area contributed by atoms with Crippen LogP contribution in [0.3, 0.4) is 0 Å². The summed E-state index contributed by atoms with van der Waals surface area (Å²) in [7, 11) is 2.95. The van der Waals surface area contributed by atoms with E-state index in [-0.39, 0.29) is 12.4 Å². The fourth-order valence-electron chi connectivity index (χ4n) is 0.515. The van der Waals surface area contributed by atoms with E-state index in [2.05, 4.69) is 40.4 Å². The van der Waals surface area contributed by atoms with Crippen LogP contribution in [0.15, 0.2) is 25.3 Å². The minimum atomic E-state index is 0. The van der Waals surface area contributed by atoms with Gasteiger partial charge >= 0.3 is 0 Å². The van der Waals surface area contributed by atoms with Crippen molar-refractivity contribution in [3.63, 3.8) is 0 Å². The Balaban J connectivity index is -0.000000177. The van der Waals surface area contributed by atoms with Crippen LogP contribution in [-0.2, 0) is 31.3 Å². The van der Waals surface area contributed by atoms with Crippen molar-refractivity contribution >= 4 is 43.7 Å². The highest BCUT2D eigenvalue weighted by atomic mass is 35.5. The summed E-state index contributed by atoms with van der Waals surface area (Å²) in [5, 5.41) is 0. The van der Waals surface area contributed by atoms with Crippen LogP contribution in [0.1, 0.15) is 0 Å².